The Hall–Kier alpha value is -2.04. The van der Waals surface area contributed by atoms with Crippen LogP contribution in [-0.2, 0) is 7.05 Å². The van der Waals surface area contributed by atoms with E-state index < -0.39 is 0 Å². The lowest BCUT2D eigenvalue weighted by molar-refractivity contribution is 0.102. The van der Waals surface area contributed by atoms with Gasteiger partial charge in [0.1, 0.15) is 11.4 Å². The largest absolute Gasteiger partial charge is 0.285 e. The van der Waals surface area contributed by atoms with Crippen molar-refractivity contribution in [3.05, 3.63) is 41.5 Å². The second-order valence-corrected chi connectivity index (χ2v) is 3.24. The summed E-state index contributed by atoms with van der Waals surface area (Å²) in [5.41, 5.74) is 1.67. The van der Waals surface area contributed by atoms with Crippen molar-refractivity contribution in [1.82, 2.24) is 20.0 Å². The van der Waals surface area contributed by atoms with Crippen LogP contribution in [0.3, 0.4) is 0 Å². The fourth-order valence-corrected chi connectivity index (χ4v) is 1.30. The minimum absolute atomic E-state index is 0.161. The van der Waals surface area contributed by atoms with Crippen LogP contribution in [0.25, 0.3) is 0 Å². The summed E-state index contributed by atoms with van der Waals surface area (Å²) >= 11 is 0. The molecule has 0 N–H and O–H groups in total. The van der Waals surface area contributed by atoms with Gasteiger partial charge in [-0.3, -0.25) is 4.79 Å². The maximum absolute atomic E-state index is 11.9. The van der Waals surface area contributed by atoms with Gasteiger partial charge in [-0.15, -0.1) is 5.10 Å². The smallest absolute Gasteiger partial charge is 0.230 e. The van der Waals surface area contributed by atoms with Crippen molar-refractivity contribution in [3.63, 3.8) is 0 Å². The van der Waals surface area contributed by atoms with Gasteiger partial charge in [-0.1, -0.05) is 11.3 Å². The molecule has 0 fully saturated rings. The van der Waals surface area contributed by atoms with Crippen LogP contribution < -0.4 is 0 Å². The van der Waals surface area contributed by atoms with E-state index in [0.29, 0.717) is 11.4 Å². The minimum Gasteiger partial charge on any atom is -0.285 e. The van der Waals surface area contributed by atoms with Crippen molar-refractivity contribution in [2.45, 2.75) is 6.92 Å². The predicted octanol–water partition coefficient (Wildman–Crippen LogP) is 0.750. The number of carbonyl (C=O) groups excluding carboxylic acids is 1. The molecular formula is C10H10N4O. The summed E-state index contributed by atoms with van der Waals surface area (Å²) < 4.78 is 1.44. The Labute approximate surface area is 86.8 Å². The van der Waals surface area contributed by atoms with Crippen molar-refractivity contribution in [2.24, 2.45) is 7.05 Å². The highest BCUT2D eigenvalue weighted by molar-refractivity contribution is 6.06. The molecule has 0 atom stereocenters. The van der Waals surface area contributed by atoms with E-state index in [4.69, 9.17) is 0 Å². The molecule has 0 saturated carbocycles. The maximum Gasteiger partial charge on any atom is 0.230 e. The molecule has 2 rings (SSSR count). The Bertz CT molecular complexity index is 504. The molecule has 0 aliphatic heterocycles. The summed E-state index contributed by atoms with van der Waals surface area (Å²) in [4.78, 5) is 16.1. The molecule has 0 spiro atoms. The lowest BCUT2D eigenvalue weighted by Gasteiger charge is -2.00. The van der Waals surface area contributed by atoms with Gasteiger partial charge in [0, 0.05) is 12.7 Å². The van der Waals surface area contributed by atoms with Crippen LogP contribution in [0.15, 0.2) is 24.4 Å². The molecule has 76 valence electrons. The first kappa shape index (κ1) is 9.51. The lowest BCUT2D eigenvalue weighted by Crippen LogP contribution is -2.10. The first-order valence-corrected chi connectivity index (χ1v) is 4.51. The number of aromatic nitrogens is 4. The van der Waals surface area contributed by atoms with Gasteiger partial charge in [-0.2, -0.15) is 0 Å². The highest BCUT2D eigenvalue weighted by Crippen LogP contribution is 2.05. The summed E-state index contributed by atoms with van der Waals surface area (Å²) in [6, 6.07) is 5.33. The standard InChI is InChI=1S/C10H10N4O/c1-7-4-3-5-8(12-7)10(15)9-6-11-13-14(9)2/h3-6H,1-2H3. The number of nitrogens with zero attached hydrogens (tertiary/aromatic N) is 4. The molecule has 0 amide bonds. The zero-order valence-electron chi connectivity index (χ0n) is 8.51. The van der Waals surface area contributed by atoms with Gasteiger partial charge in [0.15, 0.2) is 0 Å². The van der Waals surface area contributed by atoms with Crippen LogP contribution in [0.2, 0.25) is 0 Å². The van der Waals surface area contributed by atoms with E-state index in [2.05, 4.69) is 15.3 Å². The third-order valence-electron chi connectivity index (χ3n) is 2.07. The minimum atomic E-state index is -0.161. The van der Waals surface area contributed by atoms with Crippen LogP contribution in [0, 0.1) is 6.92 Å². The predicted molar refractivity (Wildman–Crippen MR) is 53.4 cm³/mol. The Morgan fingerprint density at radius 3 is 2.80 bits per heavy atom. The van der Waals surface area contributed by atoms with Crippen LogP contribution in [0.4, 0.5) is 0 Å². The summed E-state index contributed by atoms with van der Waals surface area (Å²) in [5, 5.41) is 7.36. The normalized spacial score (nSPS) is 10.3. The second-order valence-electron chi connectivity index (χ2n) is 3.24. The maximum atomic E-state index is 11.9. The number of ketones is 1. The Morgan fingerprint density at radius 2 is 2.20 bits per heavy atom. The van der Waals surface area contributed by atoms with Crippen molar-refractivity contribution in [1.29, 1.82) is 0 Å². The molecule has 0 saturated heterocycles. The van der Waals surface area contributed by atoms with Gasteiger partial charge >= 0.3 is 0 Å². The number of aryl methyl sites for hydroxylation is 2. The molecule has 0 aromatic carbocycles. The lowest BCUT2D eigenvalue weighted by atomic mass is 10.2. The highest BCUT2D eigenvalue weighted by atomic mass is 16.1. The van der Waals surface area contributed by atoms with Gasteiger partial charge in [-0.25, -0.2) is 9.67 Å². The van der Waals surface area contributed by atoms with Gasteiger partial charge < -0.3 is 0 Å². The van der Waals surface area contributed by atoms with Crippen LogP contribution >= 0.6 is 0 Å². The van der Waals surface area contributed by atoms with E-state index >= 15 is 0 Å². The Balaban J connectivity index is 2.41. The molecular weight excluding hydrogens is 192 g/mol. The summed E-state index contributed by atoms with van der Waals surface area (Å²) in [6.07, 6.45) is 1.44. The topological polar surface area (TPSA) is 60.7 Å². The number of rotatable bonds is 2. The molecule has 0 aliphatic carbocycles. The molecule has 2 heterocycles. The van der Waals surface area contributed by atoms with Gasteiger partial charge in [0.2, 0.25) is 5.78 Å². The molecule has 2 aromatic rings. The summed E-state index contributed by atoms with van der Waals surface area (Å²) in [7, 11) is 1.68. The Morgan fingerprint density at radius 1 is 1.40 bits per heavy atom. The van der Waals surface area contributed by atoms with Crippen LogP contribution in [0.5, 0.6) is 0 Å². The average molecular weight is 202 g/mol. The quantitative estimate of drug-likeness (QED) is 0.674. The zero-order valence-corrected chi connectivity index (χ0v) is 8.51. The molecule has 2 aromatic heterocycles. The van der Waals surface area contributed by atoms with Gasteiger partial charge in [0.05, 0.1) is 6.20 Å². The fourth-order valence-electron chi connectivity index (χ4n) is 1.30. The van der Waals surface area contributed by atoms with Crippen LogP contribution in [0.1, 0.15) is 21.9 Å². The molecule has 0 aliphatic rings. The molecule has 5 heteroatoms. The highest BCUT2D eigenvalue weighted by Gasteiger charge is 2.14. The molecule has 15 heavy (non-hydrogen) atoms. The number of hydrogen-bond acceptors (Lipinski definition) is 4. The van der Waals surface area contributed by atoms with Crippen molar-refractivity contribution >= 4 is 5.78 Å². The van der Waals surface area contributed by atoms with Crippen molar-refractivity contribution in [3.8, 4) is 0 Å². The third kappa shape index (κ3) is 1.76. The number of hydrogen-bond donors (Lipinski definition) is 0. The van der Waals surface area contributed by atoms with E-state index in [0.717, 1.165) is 5.69 Å². The van der Waals surface area contributed by atoms with E-state index in [1.54, 1.807) is 19.2 Å². The summed E-state index contributed by atoms with van der Waals surface area (Å²) in [6.45, 7) is 1.85. The SMILES string of the molecule is Cc1cccc(C(=O)c2cnnn2C)n1. The first-order valence-electron chi connectivity index (χ1n) is 4.51. The van der Waals surface area contributed by atoms with Crippen molar-refractivity contribution < 1.29 is 4.79 Å². The first-order chi connectivity index (χ1) is 7.18. The fraction of sp³-hybridized carbons (Fsp3) is 0.200. The van der Waals surface area contributed by atoms with Gasteiger partial charge in [-0.05, 0) is 19.1 Å². The number of pyridine rings is 1. The Kier molecular flexibility index (Phi) is 2.29. The zero-order chi connectivity index (χ0) is 10.8. The molecule has 0 unspecified atom stereocenters. The third-order valence-corrected chi connectivity index (χ3v) is 2.07. The molecule has 0 radical (unpaired) electrons. The molecule has 0 bridgehead atoms. The van der Waals surface area contributed by atoms with Gasteiger partial charge in [0.25, 0.3) is 0 Å². The average Bonchev–Trinajstić information content (AvgIpc) is 2.63. The number of carbonyl (C=O) groups is 1. The van der Waals surface area contributed by atoms with E-state index in [1.807, 2.05) is 13.0 Å². The molecule has 5 nitrogen and oxygen atoms in total. The summed E-state index contributed by atoms with van der Waals surface area (Å²) in [5.74, 6) is -0.161. The monoisotopic (exact) mass is 202 g/mol. The van der Waals surface area contributed by atoms with E-state index in [1.165, 1.54) is 10.9 Å². The van der Waals surface area contributed by atoms with E-state index in [9.17, 15) is 4.79 Å². The van der Waals surface area contributed by atoms with Crippen molar-refractivity contribution in [2.75, 3.05) is 0 Å². The second kappa shape index (κ2) is 3.61. The van der Waals surface area contributed by atoms with E-state index in [-0.39, 0.29) is 5.78 Å². The van der Waals surface area contributed by atoms with Crippen LogP contribution in [-0.4, -0.2) is 25.8 Å².